The molecule has 3 heterocycles. The lowest BCUT2D eigenvalue weighted by Gasteiger charge is -2.28. The molecule has 0 aromatic heterocycles. The number of fused-ring (bicyclic) bond motifs is 1. The van der Waals surface area contributed by atoms with E-state index in [2.05, 4.69) is 6.58 Å². The highest BCUT2D eigenvalue weighted by molar-refractivity contribution is 4.97. The molecule has 3 saturated heterocycles. The van der Waals surface area contributed by atoms with Crippen molar-refractivity contribution < 1.29 is 28.4 Å². The molecule has 0 spiro atoms. The van der Waals surface area contributed by atoms with E-state index in [1.54, 1.807) is 6.08 Å². The van der Waals surface area contributed by atoms with E-state index in [0.717, 1.165) is 0 Å². The average molecular weight is 314 g/mol. The van der Waals surface area contributed by atoms with Crippen LogP contribution in [0.2, 0.25) is 0 Å². The summed E-state index contributed by atoms with van der Waals surface area (Å²) in [4.78, 5) is 0. The lowest BCUT2D eigenvalue weighted by Crippen LogP contribution is -2.41. The van der Waals surface area contributed by atoms with Crippen molar-refractivity contribution in [2.45, 2.75) is 63.9 Å². The Morgan fingerprint density at radius 2 is 1.86 bits per heavy atom. The predicted octanol–water partition coefficient (Wildman–Crippen LogP) is 1.83. The van der Waals surface area contributed by atoms with Crippen molar-refractivity contribution in [2.75, 3.05) is 19.8 Å². The third-order valence-corrected chi connectivity index (χ3v) is 4.17. The zero-order chi connectivity index (χ0) is 16.0. The molecule has 0 saturated carbocycles. The highest BCUT2D eigenvalue weighted by Gasteiger charge is 2.58. The zero-order valence-corrected chi connectivity index (χ0v) is 13.7. The smallest absolute Gasteiger partial charge is 0.188 e. The molecular weight excluding hydrogens is 288 g/mol. The topological polar surface area (TPSA) is 55.4 Å². The van der Waals surface area contributed by atoms with Gasteiger partial charge in [-0.05, 0) is 27.7 Å². The van der Waals surface area contributed by atoms with Gasteiger partial charge in [0.2, 0.25) is 0 Å². The maximum absolute atomic E-state index is 6.08. The van der Waals surface area contributed by atoms with Crippen molar-refractivity contribution in [2.24, 2.45) is 5.92 Å². The molecule has 0 aromatic rings. The van der Waals surface area contributed by atoms with Crippen LogP contribution in [0.15, 0.2) is 12.7 Å². The second-order valence-electron chi connectivity index (χ2n) is 6.93. The molecular formula is C16H26O6. The van der Waals surface area contributed by atoms with Gasteiger partial charge >= 0.3 is 0 Å². The fourth-order valence-corrected chi connectivity index (χ4v) is 3.31. The van der Waals surface area contributed by atoms with E-state index in [1.165, 1.54) is 0 Å². The Morgan fingerprint density at radius 1 is 1.09 bits per heavy atom. The van der Waals surface area contributed by atoms with E-state index < -0.39 is 11.6 Å². The quantitative estimate of drug-likeness (QED) is 0.570. The molecule has 126 valence electrons. The van der Waals surface area contributed by atoms with Crippen LogP contribution >= 0.6 is 0 Å². The molecule has 3 aliphatic heterocycles. The van der Waals surface area contributed by atoms with Gasteiger partial charge in [0.15, 0.2) is 17.9 Å². The maximum Gasteiger partial charge on any atom is 0.188 e. The van der Waals surface area contributed by atoms with E-state index in [0.29, 0.717) is 19.8 Å². The third-order valence-electron chi connectivity index (χ3n) is 4.17. The molecule has 0 aromatic carbocycles. The summed E-state index contributed by atoms with van der Waals surface area (Å²) in [7, 11) is 0. The van der Waals surface area contributed by atoms with Crippen molar-refractivity contribution in [3.8, 4) is 0 Å². The minimum Gasteiger partial charge on any atom is -0.377 e. The van der Waals surface area contributed by atoms with Gasteiger partial charge in [0.05, 0.1) is 25.9 Å². The van der Waals surface area contributed by atoms with Crippen LogP contribution in [0.3, 0.4) is 0 Å². The van der Waals surface area contributed by atoms with Crippen molar-refractivity contribution in [1.82, 2.24) is 0 Å². The second kappa shape index (κ2) is 5.85. The molecule has 6 nitrogen and oxygen atoms in total. The standard InChI is InChI=1S/C16H26O6/c1-6-7-17-8-10-12(11-9-18-15(2,3)20-11)19-14-13(10)21-16(4,5)22-14/h6,10-14H,1,7-9H2,2-5H3/t10-,11+,12-,13+,14?/m0/s1. The summed E-state index contributed by atoms with van der Waals surface area (Å²) in [5.41, 5.74) is 0. The molecule has 0 aliphatic carbocycles. The van der Waals surface area contributed by atoms with Gasteiger partial charge in [0.1, 0.15) is 12.2 Å². The van der Waals surface area contributed by atoms with Crippen molar-refractivity contribution >= 4 is 0 Å². The van der Waals surface area contributed by atoms with Gasteiger partial charge < -0.3 is 28.4 Å². The first-order valence-electron chi connectivity index (χ1n) is 7.83. The molecule has 3 rings (SSSR count). The largest absolute Gasteiger partial charge is 0.377 e. The van der Waals surface area contributed by atoms with Crippen LogP contribution in [0.5, 0.6) is 0 Å². The zero-order valence-electron chi connectivity index (χ0n) is 13.7. The lowest BCUT2D eigenvalue weighted by atomic mass is 9.95. The highest BCUT2D eigenvalue weighted by Crippen LogP contribution is 2.43. The number of rotatable bonds is 5. The maximum atomic E-state index is 6.08. The monoisotopic (exact) mass is 314 g/mol. The van der Waals surface area contributed by atoms with E-state index in [4.69, 9.17) is 28.4 Å². The van der Waals surface area contributed by atoms with E-state index in [1.807, 2.05) is 27.7 Å². The molecule has 0 amide bonds. The molecule has 3 aliphatic rings. The Kier molecular flexibility index (Phi) is 4.35. The van der Waals surface area contributed by atoms with Crippen molar-refractivity contribution in [1.29, 1.82) is 0 Å². The molecule has 1 unspecified atom stereocenters. The summed E-state index contributed by atoms with van der Waals surface area (Å²) < 4.78 is 35.2. The first-order chi connectivity index (χ1) is 10.3. The number of hydrogen-bond acceptors (Lipinski definition) is 6. The van der Waals surface area contributed by atoms with Crippen LogP contribution in [0.25, 0.3) is 0 Å². The number of hydrogen-bond donors (Lipinski definition) is 0. The summed E-state index contributed by atoms with van der Waals surface area (Å²) in [6.45, 7) is 12.8. The van der Waals surface area contributed by atoms with Crippen LogP contribution < -0.4 is 0 Å². The summed E-state index contributed by atoms with van der Waals surface area (Å²) in [5, 5.41) is 0. The van der Waals surface area contributed by atoms with Crippen molar-refractivity contribution in [3.63, 3.8) is 0 Å². The summed E-state index contributed by atoms with van der Waals surface area (Å²) in [6.07, 6.45) is 0.879. The van der Waals surface area contributed by atoms with Gasteiger partial charge in [-0.15, -0.1) is 6.58 Å². The fraction of sp³-hybridized carbons (Fsp3) is 0.875. The lowest BCUT2D eigenvalue weighted by molar-refractivity contribution is -0.229. The van der Waals surface area contributed by atoms with E-state index in [-0.39, 0.29) is 30.5 Å². The van der Waals surface area contributed by atoms with Crippen LogP contribution in [0.4, 0.5) is 0 Å². The van der Waals surface area contributed by atoms with Gasteiger partial charge in [0.25, 0.3) is 0 Å². The van der Waals surface area contributed by atoms with Crippen LogP contribution in [0.1, 0.15) is 27.7 Å². The normalized spacial score (nSPS) is 42.5. The van der Waals surface area contributed by atoms with Crippen LogP contribution in [-0.2, 0) is 28.4 Å². The first kappa shape index (κ1) is 16.4. The molecule has 5 atom stereocenters. The Bertz CT molecular complexity index is 421. The molecule has 3 fully saturated rings. The molecule has 0 bridgehead atoms. The Morgan fingerprint density at radius 3 is 2.50 bits per heavy atom. The minimum absolute atomic E-state index is 0.0363. The van der Waals surface area contributed by atoms with E-state index >= 15 is 0 Å². The minimum atomic E-state index is -0.636. The summed E-state index contributed by atoms with van der Waals surface area (Å²) in [5.74, 6) is -1.18. The van der Waals surface area contributed by atoms with E-state index in [9.17, 15) is 0 Å². The first-order valence-corrected chi connectivity index (χ1v) is 7.83. The Balaban J connectivity index is 1.71. The van der Waals surface area contributed by atoms with Gasteiger partial charge in [-0.3, -0.25) is 0 Å². The molecule has 0 N–H and O–H groups in total. The average Bonchev–Trinajstić information content (AvgIpc) is 3.01. The molecule has 6 heteroatoms. The Labute approximate surface area is 131 Å². The molecule has 0 radical (unpaired) electrons. The molecule has 22 heavy (non-hydrogen) atoms. The van der Waals surface area contributed by atoms with Crippen molar-refractivity contribution in [3.05, 3.63) is 12.7 Å². The number of ether oxygens (including phenoxy) is 6. The van der Waals surface area contributed by atoms with Crippen LogP contribution in [0, 0.1) is 5.92 Å². The highest BCUT2D eigenvalue weighted by atomic mass is 16.8. The Hall–Kier alpha value is -0.500. The summed E-state index contributed by atoms with van der Waals surface area (Å²) in [6, 6.07) is 0. The second-order valence-corrected chi connectivity index (χ2v) is 6.93. The third kappa shape index (κ3) is 3.22. The SMILES string of the molecule is C=CCOC[C@H]1[C@@H]([C@H]2COC(C)(C)O2)OC2OC(C)(C)O[C@@H]21. The fourth-order valence-electron chi connectivity index (χ4n) is 3.31. The van der Waals surface area contributed by atoms with Gasteiger partial charge in [0, 0.05) is 5.92 Å². The van der Waals surface area contributed by atoms with Gasteiger partial charge in [-0.2, -0.15) is 0 Å². The van der Waals surface area contributed by atoms with Gasteiger partial charge in [-0.1, -0.05) is 6.08 Å². The van der Waals surface area contributed by atoms with Gasteiger partial charge in [-0.25, -0.2) is 0 Å². The van der Waals surface area contributed by atoms with Crippen LogP contribution in [-0.4, -0.2) is 56.0 Å². The summed E-state index contributed by atoms with van der Waals surface area (Å²) >= 11 is 0. The predicted molar refractivity (Wildman–Crippen MR) is 78.1 cm³/mol.